The largest absolute Gasteiger partial charge is 0.381 e. The maximum Gasteiger partial charge on any atom is 0.267 e. The third kappa shape index (κ3) is 4.61. The van der Waals surface area contributed by atoms with E-state index in [1.165, 1.54) is 29.3 Å². The Kier molecular flexibility index (Phi) is 6.43. The molecule has 0 saturated carbocycles. The van der Waals surface area contributed by atoms with Gasteiger partial charge in [-0.05, 0) is 54.8 Å². The van der Waals surface area contributed by atoms with Crippen LogP contribution in [-0.2, 0) is 19.7 Å². The molecule has 1 unspecified atom stereocenters. The third-order valence-electron chi connectivity index (χ3n) is 6.09. The minimum Gasteiger partial charge on any atom is -0.381 e. The average Bonchev–Trinajstić information content (AvgIpc) is 3.25. The molecular weight excluding hydrogens is 435 g/mol. The lowest BCUT2D eigenvalue weighted by molar-refractivity contribution is -0.119. The molecule has 0 aromatic heterocycles. The molecule has 2 aliphatic rings. The van der Waals surface area contributed by atoms with Crippen molar-refractivity contribution in [1.82, 2.24) is 5.32 Å². The fourth-order valence-corrected chi connectivity index (χ4v) is 4.31. The Hall–Kier alpha value is -2.97. The minimum atomic E-state index is -0.811. The number of halogens is 2. The quantitative estimate of drug-likeness (QED) is 0.695. The summed E-state index contributed by atoms with van der Waals surface area (Å²) in [7, 11) is 0. The summed E-state index contributed by atoms with van der Waals surface area (Å²) in [6.07, 6.45) is 1.59. The molecule has 2 heterocycles. The lowest BCUT2D eigenvalue weighted by Crippen LogP contribution is -2.46. The number of anilines is 1. The van der Waals surface area contributed by atoms with E-state index in [0.717, 1.165) is 18.4 Å². The summed E-state index contributed by atoms with van der Waals surface area (Å²) in [5.74, 6) is -1.38. The van der Waals surface area contributed by atoms with Gasteiger partial charge in [0.1, 0.15) is 17.6 Å². The van der Waals surface area contributed by atoms with Crippen molar-refractivity contribution >= 4 is 34.8 Å². The second-order valence-corrected chi connectivity index (χ2v) is 8.51. The van der Waals surface area contributed by atoms with Crippen LogP contribution < -0.4 is 16.1 Å². The van der Waals surface area contributed by atoms with Crippen LogP contribution in [0.3, 0.4) is 0 Å². The maximum absolute atomic E-state index is 13.3. The van der Waals surface area contributed by atoms with Gasteiger partial charge in [-0.25, -0.2) is 4.39 Å². The van der Waals surface area contributed by atoms with E-state index in [-0.39, 0.29) is 23.5 Å². The lowest BCUT2D eigenvalue weighted by atomic mass is 9.74. The summed E-state index contributed by atoms with van der Waals surface area (Å²) in [6, 6.07) is 12.3. The Bertz CT molecular complexity index is 1020. The Labute approximate surface area is 190 Å². The van der Waals surface area contributed by atoms with Crippen molar-refractivity contribution in [2.45, 2.75) is 30.7 Å². The zero-order chi connectivity index (χ0) is 22.7. The minimum absolute atomic E-state index is 0.0790. The van der Waals surface area contributed by atoms with Crippen LogP contribution in [0.15, 0.2) is 53.6 Å². The van der Waals surface area contributed by atoms with Gasteiger partial charge in [-0.15, -0.1) is 0 Å². The first-order valence-electron chi connectivity index (χ1n) is 10.4. The first-order chi connectivity index (χ1) is 15.4. The molecule has 0 spiro atoms. The van der Waals surface area contributed by atoms with Crippen LogP contribution in [0.1, 0.15) is 24.8 Å². The van der Waals surface area contributed by atoms with E-state index >= 15 is 0 Å². The number of carbonyl (C=O) groups excluding carboxylic acids is 2. The standard InChI is InChI=1S/C23H24ClFN4O3/c24-16-3-1-15(2-4-16)23(9-11-32-12-10-23)14-27-22(31)19-13-20(21(26)30)29(28-19)18-7-5-17(25)6-8-18/h1-8,20H,9-14H2,(H2,26,30)(H,27,31). The van der Waals surface area contributed by atoms with Crippen LogP contribution in [0, 0.1) is 5.82 Å². The molecule has 0 bridgehead atoms. The van der Waals surface area contributed by atoms with Gasteiger partial charge in [-0.1, -0.05) is 23.7 Å². The van der Waals surface area contributed by atoms with Gasteiger partial charge < -0.3 is 15.8 Å². The van der Waals surface area contributed by atoms with Gasteiger partial charge in [-0.2, -0.15) is 5.10 Å². The van der Waals surface area contributed by atoms with Crippen LogP contribution in [0.2, 0.25) is 5.02 Å². The Morgan fingerprint density at radius 1 is 1.16 bits per heavy atom. The second-order valence-electron chi connectivity index (χ2n) is 8.07. The zero-order valence-electron chi connectivity index (χ0n) is 17.4. The predicted octanol–water partition coefficient (Wildman–Crippen LogP) is 2.76. The number of hydrogen-bond acceptors (Lipinski definition) is 5. The molecule has 3 N–H and O–H groups in total. The number of carbonyl (C=O) groups is 2. The molecule has 1 atom stereocenters. The summed E-state index contributed by atoms with van der Waals surface area (Å²) in [4.78, 5) is 24.9. The number of benzene rings is 2. The molecule has 9 heteroatoms. The molecule has 32 heavy (non-hydrogen) atoms. The molecule has 0 aliphatic carbocycles. The maximum atomic E-state index is 13.3. The number of rotatable bonds is 6. The lowest BCUT2D eigenvalue weighted by Gasteiger charge is -2.38. The topological polar surface area (TPSA) is 97.0 Å². The van der Waals surface area contributed by atoms with Crippen molar-refractivity contribution in [3.63, 3.8) is 0 Å². The highest BCUT2D eigenvalue weighted by Gasteiger charge is 2.38. The van der Waals surface area contributed by atoms with Crippen LogP contribution in [0.25, 0.3) is 0 Å². The molecule has 1 saturated heterocycles. The van der Waals surface area contributed by atoms with Gasteiger partial charge in [0.15, 0.2) is 0 Å². The summed E-state index contributed by atoms with van der Waals surface area (Å²) in [5.41, 5.74) is 7.03. The molecule has 4 rings (SSSR count). The van der Waals surface area contributed by atoms with Crippen molar-refractivity contribution in [2.75, 3.05) is 24.8 Å². The van der Waals surface area contributed by atoms with Gasteiger partial charge in [0.2, 0.25) is 5.91 Å². The molecule has 2 aromatic carbocycles. The third-order valence-corrected chi connectivity index (χ3v) is 6.34. The van der Waals surface area contributed by atoms with E-state index in [1.54, 1.807) is 0 Å². The smallest absolute Gasteiger partial charge is 0.267 e. The number of hydrazone groups is 1. The highest BCUT2D eigenvalue weighted by molar-refractivity contribution is 6.40. The Morgan fingerprint density at radius 3 is 2.44 bits per heavy atom. The first-order valence-corrected chi connectivity index (χ1v) is 10.8. The first kappa shape index (κ1) is 22.2. The zero-order valence-corrected chi connectivity index (χ0v) is 18.1. The normalized spacial score (nSPS) is 20.0. The van der Waals surface area contributed by atoms with Crippen molar-refractivity contribution < 1.29 is 18.7 Å². The molecular formula is C23H24ClFN4O3. The number of primary amides is 1. The van der Waals surface area contributed by atoms with Gasteiger partial charge in [-0.3, -0.25) is 14.6 Å². The van der Waals surface area contributed by atoms with E-state index in [0.29, 0.717) is 30.5 Å². The number of nitrogens with two attached hydrogens (primary N) is 1. The van der Waals surface area contributed by atoms with E-state index in [1.807, 2.05) is 24.3 Å². The number of amides is 2. The number of nitrogens with one attached hydrogen (secondary N) is 1. The molecule has 168 valence electrons. The highest BCUT2D eigenvalue weighted by atomic mass is 35.5. The Morgan fingerprint density at radius 2 is 1.81 bits per heavy atom. The van der Waals surface area contributed by atoms with Crippen molar-refractivity contribution in [3.05, 3.63) is 64.9 Å². The highest BCUT2D eigenvalue weighted by Crippen LogP contribution is 2.35. The molecule has 2 aliphatic heterocycles. The van der Waals surface area contributed by atoms with Crippen LogP contribution >= 0.6 is 11.6 Å². The second kappa shape index (κ2) is 9.26. The fourth-order valence-electron chi connectivity index (χ4n) is 4.19. The average molecular weight is 459 g/mol. The molecule has 2 aromatic rings. The van der Waals surface area contributed by atoms with Gasteiger partial charge in [0.25, 0.3) is 5.91 Å². The fraction of sp³-hybridized carbons (Fsp3) is 0.348. The summed E-state index contributed by atoms with van der Waals surface area (Å²) in [6.45, 7) is 1.59. The number of ether oxygens (including phenoxy) is 1. The van der Waals surface area contributed by atoms with Gasteiger partial charge in [0.05, 0.1) is 5.69 Å². The van der Waals surface area contributed by atoms with Gasteiger partial charge >= 0.3 is 0 Å². The van der Waals surface area contributed by atoms with Crippen LogP contribution in [-0.4, -0.2) is 43.3 Å². The molecule has 1 fully saturated rings. The van der Waals surface area contributed by atoms with Crippen molar-refractivity contribution in [3.8, 4) is 0 Å². The van der Waals surface area contributed by atoms with Crippen molar-refractivity contribution in [1.29, 1.82) is 0 Å². The summed E-state index contributed by atoms with van der Waals surface area (Å²) in [5, 5.41) is 9.35. The van der Waals surface area contributed by atoms with E-state index in [4.69, 9.17) is 22.1 Å². The molecule has 0 radical (unpaired) electrons. The van der Waals surface area contributed by atoms with Gasteiger partial charge in [0, 0.05) is 36.6 Å². The Balaban J connectivity index is 1.52. The number of nitrogens with zero attached hydrogens (tertiary/aromatic N) is 2. The predicted molar refractivity (Wildman–Crippen MR) is 120 cm³/mol. The summed E-state index contributed by atoms with van der Waals surface area (Å²) < 4.78 is 18.8. The van der Waals surface area contributed by atoms with E-state index in [9.17, 15) is 14.0 Å². The van der Waals surface area contributed by atoms with Crippen LogP contribution in [0.5, 0.6) is 0 Å². The van der Waals surface area contributed by atoms with E-state index < -0.39 is 17.8 Å². The van der Waals surface area contributed by atoms with E-state index in [2.05, 4.69) is 10.4 Å². The summed E-state index contributed by atoms with van der Waals surface area (Å²) >= 11 is 6.05. The van der Waals surface area contributed by atoms with Crippen LogP contribution in [0.4, 0.5) is 10.1 Å². The monoisotopic (exact) mass is 458 g/mol. The molecule has 7 nitrogen and oxygen atoms in total. The number of hydrogen-bond donors (Lipinski definition) is 2. The SMILES string of the molecule is NC(=O)C1CC(C(=O)NCC2(c3ccc(Cl)cc3)CCOCC2)=NN1c1ccc(F)cc1. The molecule has 2 amide bonds. The van der Waals surface area contributed by atoms with Crippen molar-refractivity contribution in [2.24, 2.45) is 10.8 Å².